The molecule has 0 unspecified atom stereocenters. The second kappa shape index (κ2) is 9.84. The Morgan fingerprint density at radius 3 is 2.81 bits per heavy atom. The van der Waals surface area contributed by atoms with E-state index in [4.69, 9.17) is 20.9 Å². The van der Waals surface area contributed by atoms with E-state index in [-0.39, 0.29) is 17.6 Å². The second-order valence-corrected chi connectivity index (χ2v) is 9.35. The summed E-state index contributed by atoms with van der Waals surface area (Å²) in [6.07, 6.45) is 3.88. The van der Waals surface area contributed by atoms with E-state index in [9.17, 15) is 9.59 Å². The van der Waals surface area contributed by atoms with E-state index in [2.05, 4.69) is 15.5 Å². The van der Waals surface area contributed by atoms with Gasteiger partial charge < -0.3 is 14.6 Å². The highest BCUT2D eigenvalue weighted by Crippen LogP contribution is 2.38. The van der Waals surface area contributed by atoms with E-state index in [0.717, 1.165) is 53.4 Å². The van der Waals surface area contributed by atoms with E-state index in [1.54, 1.807) is 31.2 Å². The summed E-state index contributed by atoms with van der Waals surface area (Å²) in [6.45, 7) is 2.06. The Hall–Kier alpha value is -2.36. The Kier molecular flexibility index (Phi) is 6.94. The van der Waals surface area contributed by atoms with Crippen molar-refractivity contribution in [2.45, 2.75) is 37.8 Å². The molecule has 162 valence electrons. The van der Waals surface area contributed by atoms with Crippen molar-refractivity contribution in [1.29, 1.82) is 0 Å². The molecule has 31 heavy (non-hydrogen) atoms. The smallest absolute Gasteiger partial charge is 0.341 e. The Morgan fingerprint density at radius 1 is 1.26 bits per heavy atom. The lowest BCUT2D eigenvalue weighted by atomic mass is 9.95. The number of aryl methyl sites for hydroxylation is 1. The molecule has 3 aromatic rings. The normalized spacial score (nSPS) is 13.0. The molecule has 0 spiro atoms. The highest BCUT2D eigenvalue weighted by molar-refractivity contribution is 7.99. The van der Waals surface area contributed by atoms with Gasteiger partial charge in [-0.15, -0.1) is 11.3 Å². The van der Waals surface area contributed by atoms with E-state index in [1.807, 2.05) is 0 Å². The van der Waals surface area contributed by atoms with Gasteiger partial charge in [0.1, 0.15) is 5.00 Å². The molecule has 0 saturated heterocycles. The van der Waals surface area contributed by atoms with Gasteiger partial charge in [-0.1, -0.05) is 23.4 Å². The Bertz CT molecular complexity index is 1090. The number of amides is 1. The number of halogens is 1. The predicted molar refractivity (Wildman–Crippen MR) is 121 cm³/mol. The third kappa shape index (κ3) is 5.11. The lowest BCUT2D eigenvalue weighted by Gasteiger charge is -2.12. The monoisotopic (exact) mass is 477 g/mol. The molecule has 1 aliphatic rings. The van der Waals surface area contributed by atoms with Crippen LogP contribution in [0.15, 0.2) is 33.9 Å². The first kappa shape index (κ1) is 21.9. The topological polar surface area (TPSA) is 94.3 Å². The summed E-state index contributed by atoms with van der Waals surface area (Å²) in [5.41, 5.74) is 2.27. The van der Waals surface area contributed by atoms with Crippen LogP contribution in [-0.4, -0.2) is 34.4 Å². The fraction of sp³-hybridized carbons (Fsp3) is 0.333. The van der Waals surface area contributed by atoms with Gasteiger partial charge in [0, 0.05) is 15.5 Å². The summed E-state index contributed by atoms with van der Waals surface area (Å²) in [5, 5.41) is 8.32. The first-order chi connectivity index (χ1) is 15.0. The molecule has 2 heterocycles. The molecule has 10 heteroatoms. The zero-order chi connectivity index (χ0) is 21.8. The number of carbonyl (C=O) groups excluding carboxylic acids is 2. The Morgan fingerprint density at radius 2 is 2.03 bits per heavy atom. The average Bonchev–Trinajstić information content (AvgIpc) is 3.37. The number of benzene rings is 1. The second-order valence-electron chi connectivity index (χ2n) is 6.86. The molecule has 4 rings (SSSR count). The number of thiophene rings is 1. The zero-order valence-corrected chi connectivity index (χ0v) is 19.2. The maximum atomic E-state index is 12.6. The molecule has 0 atom stereocenters. The third-order valence-corrected chi connectivity index (χ3v) is 7.02. The van der Waals surface area contributed by atoms with E-state index >= 15 is 0 Å². The van der Waals surface area contributed by atoms with Gasteiger partial charge in [-0.25, -0.2) is 4.79 Å². The van der Waals surface area contributed by atoms with Crippen LogP contribution in [0.2, 0.25) is 5.02 Å². The van der Waals surface area contributed by atoms with Crippen molar-refractivity contribution in [3.63, 3.8) is 0 Å². The van der Waals surface area contributed by atoms with E-state index < -0.39 is 0 Å². The minimum absolute atomic E-state index is 0.0877. The van der Waals surface area contributed by atoms with Crippen molar-refractivity contribution < 1.29 is 18.8 Å². The molecule has 1 aromatic carbocycles. The molecule has 0 fully saturated rings. The molecule has 1 N–H and O–H groups in total. The molecule has 1 aliphatic carbocycles. The molecular weight excluding hydrogens is 458 g/mol. The van der Waals surface area contributed by atoms with E-state index in [0.29, 0.717) is 33.2 Å². The van der Waals surface area contributed by atoms with Crippen LogP contribution in [0.5, 0.6) is 0 Å². The van der Waals surface area contributed by atoms with Crippen molar-refractivity contribution in [2.75, 3.05) is 17.7 Å². The summed E-state index contributed by atoms with van der Waals surface area (Å²) < 4.78 is 10.5. The van der Waals surface area contributed by atoms with Gasteiger partial charge in [-0.2, -0.15) is 4.98 Å². The van der Waals surface area contributed by atoms with Crippen molar-refractivity contribution in [3.8, 4) is 11.5 Å². The van der Waals surface area contributed by atoms with E-state index in [1.165, 1.54) is 11.3 Å². The van der Waals surface area contributed by atoms with Crippen LogP contribution < -0.4 is 5.32 Å². The number of thioether (sulfide) groups is 1. The van der Waals surface area contributed by atoms with Crippen LogP contribution in [0.25, 0.3) is 11.5 Å². The van der Waals surface area contributed by atoms with Gasteiger partial charge in [0.05, 0.1) is 17.9 Å². The summed E-state index contributed by atoms with van der Waals surface area (Å²) in [6, 6.07) is 7.05. The van der Waals surface area contributed by atoms with Crippen molar-refractivity contribution in [3.05, 3.63) is 45.3 Å². The number of fused-ring (bicyclic) bond motifs is 1. The van der Waals surface area contributed by atoms with Crippen molar-refractivity contribution in [2.24, 2.45) is 0 Å². The Labute approximate surface area is 192 Å². The number of carbonyl (C=O) groups is 2. The summed E-state index contributed by atoms with van der Waals surface area (Å²) in [4.78, 5) is 30.5. The quantitative estimate of drug-likeness (QED) is 0.367. The SMILES string of the molecule is CCOC(=O)c1c(NC(=O)CSc2noc(-c3ccc(Cl)cc3)n2)sc2c1CCCC2. The van der Waals surface area contributed by atoms with Gasteiger partial charge >= 0.3 is 5.97 Å². The average molecular weight is 478 g/mol. The summed E-state index contributed by atoms with van der Waals surface area (Å²) in [5.74, 6) is -0.178. The number of hydrogen-bond acceptors (Lipinski definition) is 8. The lowest BCUT2D eigenvalue weighted by molar-refractivity contribution is -0.113. The molecule has 2 aromatic heterocycles. The van der Waals surface area contributed by atoms with Crippen LogP contribution in [0.4, 0.5) is 5.00 Å². The fourth-order valence-electron chi connectivity index (χ4n) is 3.34. The first-order valence-electron chi connectivity index (χ1n) is 9.89. The minimum Gasteiger partial charge on any atom is -0.462 e. The standard InChI is InChI=1S/C21H20ClN3O4S2/c1-2-28-20(27)17-14-5-3-4-6-15(14)31-19(17)23-16(26)11-30-21-24-18(29-25-21)12-7-9-13(22)10-8-12/h7-10H,2-6,11H2,1H3,(H,23,26). The highest BCUT2D eigenvalue weighted by Gasteiger charge is 2.27. The molecule has 0 radical (unpaired) electrons. The van der Waals surface area contributed by atoms with Crippen LogP contribution in [0.1, 0.15) is 40.6 Å². The maximum absolute atomic E-state index is 12.6. The highest BCUT2D eigenvalue weighted by atomic mass is 35.5. The minimum atomic E-state index is -0.379. The molecular formula is C21H20ClN3O4S2. The van der Waals surface area contributed by atoms with Crippen molar-refractivity contribution in [1.82, 2.24) is 10.1 Å². The molecule has 0 aliphatic heterocycles. The van der Waals surface area contributed by atoms with Gasteiger partial charge in [-0.05, 0) is 67.6 Å². The number of rotatable bonds is 7. The number of nitrogens with one attached hydrogen (secondary N) is 1. The maximum Gasteiger partial charge on any atom is 0.341 e. The number of hydrogen-bond donors (Lipinski definition) is 1. The number of esters is 1. The first-order valence-corrected chi connectivity index (χ1v) is 12.1. The number of nitrogens with zero attached hydrogens (tertiary/aromatic N) is 2. The van der Waals surface area contributed by atoms with Crippen molar-refractivity contribution >= 4 is 51.6 Å². The molecule has 0 saturated carbocycles. The van der Waals surface area contributed by atoms with Gasteiger partial charge in [0.25, 0.3) is 5.89 Å². The molecule has 0 bridgehead atoms. The van der Waals surface area contributed by atoms with Crippen LogP contribution in [-0.2, 0) is 22.4 Å². The van der Waals surface area contributed by atoms with Crippen LogP contribution >= 0.6 is 34.7 Å². The summed E-state index contributed by atoms with van der Waals surface area (Å²) in [7, 11) is 0. The third-order valence-electron chi connectivity index (χ3n) is 4.73. The number of aromatic nitrogens is 2. The summed E-state index contributed by atoms with van der Waals surface area (Å²) >= 11 is 8.52. The van der Waals surface area contributed by atoms with Gasteiger partial charge in [0.2, 0.25) is 11.1 Å². The lowest BCUT2D eigenvalue weighted by Crippen LogP contribution is -2.17. The number of ether oxygens (including phenoxy) is 1. The molecule has 7 nitrogen and oxygen atoms in total. The van der Waals surface area contributed by atoms with Crippen LogP contribution in [0.3, 0.4) is 0 Å². The zero-order valence-electron chi connectivity index (χ0n) is 16.8. The van der Waals surface area contributed by atoms with Gasteiger partial charge in [-0.3, -0.25) is 4.79 Å². The molecule has 1 amide bonds. The van der Waals surface area contributed by atoms with Crippen LogP contribution in [0, 0.1) is 0 Å². The predicted octanol–water partition coefficient (Wildman–Crippen LogP) is 5.24. The number of anilines is 1. The largest absolute Gasteiger partial charge is 0.462 e. The fourth-order valence-corrected chi connectivity index (χ4v) is 5.33. The Balaban J connectivity index is 1.42. The van der Waals surface area contributed by atoms with Gasteiger partial charge in [0.15, 0.2) is 0 Å².